The lowest BCUT2D eigenvalue weighted by Crippen LogP contribution is -2.01. The van der Waals surface area contributed by atoms with Crippen LogP contribution in [-0.4, -0.2) is 6.61 Å². The first-order valence-electron chi connectivity index (χ1n) is 5.37. The highest BCUT2D eigenvalue weighted by atomic mass is 16.5. The van der Waals surface area contributed by atoms with Crippen LogP contribution in [0.15, 0.2) is 61.7 Å². The molecule has 0 bridgehead atoms. The second-order valence-corrected chi connectivity index (χ2v) is 3.63. The fraction of sp³-hybridized carbons (Fsp3) is 0.200. The van der Waals surface area contributed by atoms with Crippen LogP contribution in [0.1, 0.15) is 12.0 Å². The van der Waals surface area contributed by atoms with E-state index in [0.29, 0.717) is 6.61 Å². The van der Waals surface area contributed by atoms with Gasteiger partial charge in [0.2, 0.25) is 0 Å². The van der Waals surface area contributed by atoms with Gasteiger partial charge in [-0.2, -0.15) is 0 Å². The first-order chi connectivity index (χ1) is 7.77. The number of para-hydroxylation sites is 1. The van der Waals surface area contributed by atoms with Crippen molar-refractivity contribution in [1.29, 1.82) is 0 Å². The number of ether oxygens (including phenoxy) is 1. The third kappa shape index (κ3) is 3.77. The maximum absolute atomic E-state index is 5.71. The van der Waals surface area contributed by atoms with Gasteiger partial charge in [0.15, 0.2) is 0 Å². The number of benzene rings is 1. The lowest BCUT2D eigenvalue weighted by atomic mass is 10.1. The summed E-state index contributed by atoms with van der Waals surface area (Å²) < 4.78 is 5.71. The normalized spacial score (nSPS) is 9.50. The third-order valence-corrected chi connectivity index (χ3v) is 2.20. The van der Waals surface area contributed by atoms with Gasteiger partial charge in [0.05, 0.1) is 0 Å². The molecular formula is C15H18O. The Morgan fingerprint density at radius 2 is 1.94 bits per heavy atom. The fourth-order valence-corrected chi connectivity index (χ4v) is 1.41. The molecule has 84 valence electrons. The average molecular weight is 214 g/mol. The van der Waals surface area contributed by atoms with Crippen molar-refractivity contribution in [3.05, 3.63) is 67.3 Å². The number of hydrogen-bond donors (Lipinski definition) is 0. The highest BCUT2D eigenvalue weighted by Gasteiger charge is 2.01. The lowest BCUT2D eigenvalue weighted by molar-refractivity contribution is 0.347. The zero-order valence-corrected chi connectivity index (χ0v) is 9.61. The molecule has 1 rings (SSSR count). The maximum Gasteiger partial charge on any atom is 0.123 e. The summed E-state index contributed by atoms with van der Waals surface area (Å²) in [4.78, 5) is 0. The van der Waals surface area contributed by atoms with Crippen molar-refractivity contribution in [1.82, 2.24) is 0 Å². The van der Waals surface area contributed by atoms with Crippen LogP contribution >= 0.6 is 0 Å². The second kappa shape index (κ2) is 6.67. The summed E-state index contributed by atoms with van der Waals surface area (Å²) in [5.41, 5.74) is 2.19. The first kappa shape index (κ1) is 12.3. The van der Waals surface area contributed by atoms with Crippen LogP contribution in [0, 0.1) is 0 Å². The van der Waals surface area contributed by atoms with E-state index in [0.717, 1.165) is 29.7 Å². The van der Waals surface area contributed by atoms with Crippen LogP contribution in [0.2, 0.25) is 0 Å². The Labute approximate surface area is 97.8 Å². The summed E-state index contributed by atoms with van der Waals surface area (Å²) in [6, 6.07) is 8.00. The Balaban J connectivity index is 2.61. The van der Waals surface area contributed by atoms with E-state index in [1.807, 2.05) is 36.4 Å². The van der Waals surface area contributed by atoms with Crippen molar-refractivity contribution >= 4 is 0 Å². The van der Waals surface area contributed by atoms with Crippen molar-refractivity contribution in [2.24, 2.45) is 0 Å². The van der Waals surface area contributed by atoms with Gasteiger partial charge in [-0.25, -0.2) is 0 Å². The van der Waals surface area contributed by atoms with Crippen LogP contribution in [0.5, 0.6) is 5.75 Å². The molecule has 0 unspecified atom stereocenters. The molecule has 0 heterocycles. The van der Waals surface area contributed by atoms with Crippen LogP contribution < -0.4 is 4.74 Å². The van der Waals surface area contributed by atoms with E-state index in [-0.39, 0.29) is 0 Å². The number of rotatable bonds is 7. The summed E-state index contributed by atoms with van der Waals surface area (Å²) in [5, 5.41) is 0. The predicted octanol–water partition coefficient (Wildman–Crippen LogP) is 3.93. The van der Waals surface area contributed by atoms with E-state index in [4.69, 9.17) is 4.74 Å². The lowest BCUT2D eigenvalue weighted by Gasteiger charge is -2.10. The van der Waals surface area contributed by atoms with Gasteiger partial charge in [-0.1, -0.05) is 36.9 Å². The summed E-state index contributed by atoms with van der Waals surface area (Å²) in [7, 11) is 0. The Morgan fingerprint density at radius 3 is 2.62 bits per heavy atom. The van der Waals surface area contributed by atoms with Crippen LogP contribution in [0.4, 0.5) is 0 Å². The molecule has 1 heteroatoms. The van der Waals surface area contributed by atoms with Gasteiger partial charge >= 0.3 is 0 Å². The molecular weight excluding hydrogens is 196 g/mol. The van der Waals surface area contributed by atoms with E-state index in [1.165, 1.54) is 0 Å². The second-order valence-electron chi connectivity index (χ2n) is 3.63. The van der Waals surface area contributed by atoms with E-state index in [1.54, 1.807) is 0 Å². The molecule has 0 aliphatic carbocycles. The van der Waals surface area contributed by atoms with Crippen molar-refractivity contribution in [3.63, 3.8) is 0 Å². The summed E-state index contributed by atoms with van der Waals surface area (Å²) in [5.74, 6) is 0.910. The van der Waals surface area contributed by atoms with Crippen molar-refractivity contribution < 1.29 is 4.74 Å². The van der Waals surface area contributed by atoms with Crippen molar-refractivity contribution in [2.75, 3.05) is 6.61 Å². The van der Waals surface area contributed by atoms with Crippen LogP contribution in [-0.2, 0) is 6.42 Å². The van der Waals surface area contributed by atoms with E-state index in [9.17, 15) is 0 Å². The third-order valence-electron chi connectivity index (χ3n) is 2.20. The molecule has 0 spiro atoms. The van der Waals surface area contributed by atoms with Gasteiger partial charge in [0, 0.05) is 0 Å². The average Bonchev–Trinajstić information content (AvgIpc) is 2.29. The molecule has 0 amide bonds. The molecule has 0 atom stereocenters. The molecule has 1 aromatic carbocycles. The van der Waals surface area contributed by atoms with Crippen molar-refractivity contribution in [3.8, 4) is 5.75 Å². The van der Waals surface area contributed by atoms with Crippen LogP contribution in [0.3, 0.4) is 0 Å². The zero-order chi connectivity index (χ0) is 11.8. The molecule has 0 aliphatic heterocycles. The standard InChI is InChI=1S/C15H18O/c1-4-8-13(3)12-16-15-11-7-6-10-14(15)9-5-2/h4-7,10-11H,1-3,8-9,12H2. The monoisotopic (exact) mass is 214 g/mol. The quantitative estimate of drug-likeness (QED) is 0.625. The van der Waals surface area contributed by atoms with Gasteiger partial charge in [-0.15, -0.1) is 13.2 Å². The molecule has 0 N–H and O–H groups in total. The topological polar surface area (TPSA) is 9.23 Å². The highest BCUT2D eigenvalue weighted by Crippen LogP contribution is 2.19. The van der Waals surface area contributed by atoms with E-state index >= 15 is 0 Å². The molecule has 0 radical (unpaired) electrons. The number of hydrogen-bond acceptors (Lipinski definition) is 1. The zero-order valence-electron chi connectivity index (χ0n) is 9.61. The Bertz CT molecular complexity index is 377. The Hall–Kier alpha value is -1.76. The minimum Gasteiger partial charge on any atom is -0.489 e. The van der Waals surface area contributed by atoms with Gasteiger partial charge in [-0.3, -0.25) is 0 Å². The molecule has 0 saturated heterocycles. The van der Waals surface area contributed by atoms with Crippen LogP contribution in [0.25, 0.3) is 0 Å². The van der Waals surface area contributed by atoms with Crippen molar-refractivity contribution in [2.45, 2.75) is 12.8 Å². The summed E-state index contributed by atoms with van der Waals surface area (Å²) >= 11 is 0. The fourth-order valence-electron chi connectivity index (χ4n) is 1.41. The predicted molar refractivity (Wildman–Crippen MR) is 69.8 cm³/mol. The summed E-state index contributed by atoms with van der Waals surface area (Å²) in [6.07, 6.45) is 5.33. The van der Waals surface area contributed by atoms with E-state index in [2.05, 4.69) is 19.7 Å². The molecule has 0 aromatic heterocycles. The first-order valence-corrected chi connectivity index (χ1v) is 5.37. The molecule has 1 nitrogen and oxygen atoms in total. The minimum absolute atomic E-state index is 0.542. The van der Waals surface area contributed by atoms with Gasteiger partial charge in [-0.05, 0) is 30.0 Å². The molecule has 0 saturated carbocycles. The minimum atomic E-state index is 0.542. The Morgan fingerprint density at radius 1 is 1.19 bits per heavy atom. The van der Waals surface area contributed by atoms with Gasteiger partial charge < -0.3 is 4.74 Å². The smallest absolute Gasteiger partial charge is 0.123 e. The molecule has 0 aliphatic rings. The SMILES string of the molecule is C=CCC(=C)COc1ccccc1CC=C. The summed E-state index contributed by atoms with van der Waals surface area (Å²) in [6.45, 7) is 11.9. The van der Waals surface area contributed by atoms with Gasteiger partial charge in [0.1, 0.15) is 12.4 Å². The van der Waals surface area contributed by atoms with E-state index < -0.39 is 0 Å². The molecule has 1 aromatic rings. The maximum atomic E-state index is 5.71. The molecule has 16 heavy (non-hydrogen) atoms. The highest BCUT2D eigenvalue weighted by molar-refractivity contribution is 5.34. The molecule has 0 fully saturated rings. The Kier molecular flexibility index (Phi) is 5.13. The largest absolute Gasteiger partial charge is 0.489 e. The number of allylic oxidation sites excluding steroid dienone is 2. The van der Waals surface area contributed by atoms with Gasteiger partial charge in [0.25, 0.3) is 0 Å².